The lowest BCUT2D eigenvalue weighted by Crippen LogP contribution is -2.34. The predicted octanol–water partition coefficient (Wildman–Crippen LogP) is 3.42. The number of carbonyl (C=O) groups excluding carboxylic acids is 1. The number of nitrogens with one attached hydrogen (secondary N) is 1. The summed E-state index contributed by atoms with van der Waals surface area (Å²) in [6, 6.07) is 9.64. The summed E-state index contributed by atoms with van der Waals surface area (Å²) in [5, 5.41) is 13.9. The lowest BCUT2D eigenvalue weighted by Gasteiger charge is -2.25. The summed E-state index contributed by atoms with van der Waals surface area (Å²) in [7, 11) is 3.60. The smallest absolute Gasteiger partial charge is 0.283 e. The molecule has 0 spiro atoms. The van der Waals surface area contributed by atoms with Gasteiger partial charge in [0, 0.05) is 17.6 Å². The molecule has 2 aromatic rings. The first kappa shape index (κ1) is 18.8. The highest BCUT2D eigenvalue weighted by atomic mass is 35.5. The molecule has 132 valence electrons. The predicted molar refractivity (Wildman–Crippen MR) is 93.3 cm³/mol. The maximum Gasteiger partial charge on any atom is 0.283 e. The Hall–Kier alpha value is -2.51. The van der Waals surface area contributed by atoms with E-state index in [1.807, 2.05) is 4.90 Å². The highest BCUT2D eigenvalue weighted by Crippen LogP contribution is 2.24. The Labute approximate surface area is 149 Å². The van der Waals surface area contributed by atoms with Gasteiger partial charge in [-0.2, -0.15) is 0 Å². The molecule has 1 amide bonds. The number of carbonyl (C=O) groups is 1. The van der Waals surface area contributed by atoms with Crippen LogP contribution >= 0.6 is 11.6 Å². The lowest BCUT2D eigenvalue weighted by molar-refractivity contribution is -0.385. The van der Waals surface area contributed by atoms with Crippen LogP contribution in [0.25, 0.3) is 0 Å². The van der Waals surface area contributed by atoms with Gasteiger partial charge in [0.25, 0.3) is 11.6 Å². The van der Waals surface area contributed by atoms with Crippen molar-refractivity contribution in [3.63, 3.8) is 0 Å². The number of nitro benzene ring substituents is 1. The zero-order valence-electron chi connectivity index (χ0n) is 13.7. The summed E-state index contributed by atoms with van der Waals surface area (Å²) in [5.41, 5.74) is 0.249. The van der Waals surface area contributed by atoms with E-state index in [9.17, 15) is 19.3 Å². The molecule has 0 aliphatic rings. The van der Waals surface area contributed by atoms with Crippen LogP contribution in [-0.2, 0) is 0 Å². The van der Waals surface area contributed by atoms with Crippen LogP contribution < -0.4 is 5.32 Å². The van der Waals surface area contributed by atoms with Gasteiger partial charge in [-0.1, -0.05) is 23.7 Å². The van der Waals surface area contributed by atoms with E-state index in [0.717, 1.165) is 6.07 Å². The van der Waals surface area contributed by atoms with Gasteiger partial charge in [-0.25, -0.2) is 4.39 Å². The number of hydrogen-bond donors (Lipinski definition) is 1. The third kappa shape index (κ3) is 4.74. The molecule has 0 radical (unpaired) electrons. The van der Waals surface area contributed by atoms with Gasteiger partial charge in [0.2, 0.25) is 0 Å². The number of likely N-dealkylation sites (N-methyl/N-ethyl adjacent to an activating group) is 1. The van der Waals surface area contributed by atoms with Gasteiger partial charge in [0.05, 0.1) is 11.0 Å². The van der Waals surface area contributed by atoms with Crippen LogP contribution in [0.1, 0.15) is 22.0 Å². The SMILES string of the molecule is CN(C)[C@@H](CNC(=O)c1ccc(Cl)cc1[N+](=O)[O-])c1cccc(F)c1. The van der Waals surface area contributed by atoms with Crippen molar-refractivity contribution >= 4 is 23.2 Å². The Balaban J connectivity index is 2.19. The summed E-state index contributed by atoms with van der Waals surface area (Å²) < 4.78 is 13.4. The van der Waals surface area contributed by atoms with Crippen molar-refractivity contribution in [2.75, 3.05) is 20.6 Å². The standard InChI is InChI=1S/C17H17ClFN3O3/c1-21(2)16(11-4-3-5-13(19)8-11)10-20-17(23)14-7-6-12(18)9-15(14)22(24)25/h3-9,16H,10H2,1-2H3,(H,20,23)/t16-/m0/s1. The second-order valence-electron chi connectivity index (χ2n) is 5.66. The van der Waals surface area contributed by atoms with Crippen LogP contribution in [0.4, 0.5) is 10.1 Å². The van der Waals surface area contributed by atoms with E-state index in [1.54, 1.807) is 26.2 Å². The summed E-state index contributed by atoms with van der Waals surface area (Å²) in [6.45, 7) is 0.162. The van der Waals surface area contributed by atoms with Crippen molar-refractivity contribution in [2.45, 2.75) is 6.04 Å². The topological polar surface area (TPSA) is 75.5 Å². The fraction of sp³-hybridized carbons (Fsp3) is 0.235. The van der Waals surface area contributed by atoms with Crippen molar-refractivity contribution in [1.29, 1.82) is 0 Å². The molecule has 0 saturated heterocycles. The first-order valence-electron chi connectivity index (χ1n) is 7.43. The van der Waals surface area contributed by atoms with Crippen molar-refractivity contribution in [3.05, 3.63) is 74.5 Å². The molecule has 0 saturated carbocycles. The molecule has 2 rings (SSSR count). The van der Waals surface area contributed by atoms with Crippen LogP contribution in [0.5, 0.6) is 0 Å². The first-order chi connectivity index (χ1) is 11.8. The van der Waals surface area contributed by atoms with E-state index < -0.39 is 10.8 Å². The molecule has 0 heterocycles. The third-order valence-electron chi connectivity index (χ3n) is 3.71. The van der Waals surface area contributed by atoms with Crippen LogP contribution in [0, 0.1) is 15.9 Å². The monoisotopic (exact) mass is 365 g/mol. The molecular formula is C17H17ClFN3O3. The second kappa shape index (κ2) is 8.04. The number of amides is 1. The zero-order chi connectivity index (χ0) is 18.6. The molecule has 0 aromatic heterocycles. The Morgan fingerprint density at radius 3 is 2.64 bits per heavy atom. The van der Waals surface area contributed by atoms with E-state index in [-0.39, 0.29) is 34.7 Å². The second-order valence-corrected chi connectivity index (χ2v) is 6.10. The Morgan fingerprint density at radius 1 is 1.32 bits per heavy atom. The van der Waals surface area contributed by atoms with Gasteiger partial charge in [-0.15, -0.1) is 0 Å². The molecular weight excluding hydrogens is 349 g/mol. The molecule has 0 aliphatic heterocycles. The number of benzene rings is 2. The number of rotatable bonds is 6. The summed E-state index contributed by atoms with van der Waals surface area (Å²) >= 11 is 5.75. The van der Waals surface area contributed by atoms with Crippen LogP contribution in [0.15, 0.2) is 42.5 Å². The summed E-state index contributed by atoms with van der Waals surface area (Å²) in [4.78, 5) is 24.6. The average molecular weight is 366 g/mol. The quantitative estimate of drug-likeness (QED) is 0.628. The fourth-order valence-corrected chi connectivity index (χ4v) is 2.61. The molecule has 0 fully saturated rings. The molecule has 1 atom stereocenters. The largest absolute Gasteiger partial charge is 0.350 e. The van der Waals surface area contributed by atoms with E-state index in [1.165, 1.54) is 24.3 Å². The van der Waals surface area contributed by atoms with Gasteiger partial charge in [0.1, 0.15) is 11.4 Å². The van der Waals surface area contributed by atoms with Crippen LogP contribution in [0.2, 0.25) is 5.02 Å². The average Bonchev–Trinajstić information content (AvgIpc) is 2.54. The van der Waals surface area contributed by atoms with Gasteiger partial charge in [0.15, 0.2) is 0 Å². The summed E-state index contributed by atoms with van der Waals surface area (Å²) in [5.74, 6) is -0.962. The van der Waals surface area contributed by atoms with E-state index in [2.05, 4.69) is 5.32 Å². The van der Waals surface area contributed by atoms with Gasteiger partial charge in [-0.3, -0.25) is 14.9 Å². The van der Waals surface area contributed by atoms with E-state index in [0.29, 0.717) is 5.56 Å². The highest BCUT2D eigenvalue weighted by molar-refractivity contribution is 6.31. The number of nitrogens with zero attached hydrogens (tertiary/aromatic N) is 2. The Kier molecular flexibility index (Phi) is 6.06. The van der Waals surface area contributed by atoms with Crippen molar-refractivity contribution in [2.24, 2.45) is 0 Å². The minimum absolute atomic E-state index is 0.0776. The van der Waals surface area contributed by atoms with Gasteiger partial charge in [-0.05, 0) is 43.9 Å². The lowest BCUT2D eigenvalue weighted by atomic mass is 10.1. The van der Waals surface area contributed by atoms with Gasteiger partial charge >= 0.3 is 0 Å². The maximum atomic E-state index is 13.4. The fourth-order valence-electron chi connectivity index (χ4n) is 2.44. The number of nitro groups is 1. The molecule has 8 heteroatoms. The highest BCUT2D eigenvalue weighted by Gasteiger charge is 2.22. The Bertz CT molecular complexity index is 798. The molecule has 2 aromatic carbocycles. The molecule has 0 bridgehead atoms. The minimum Gasteiger partial charge on any atom is -0.350 e. The molecule has 1 N–H and O–H groups in total. The van der Waals surface area contributed by atoms with Crippen molar-refractivity contribution in [3.8, 4) is 0 Å². The maximum absolute atomic E-state index is 13.4. The normalized spacial score (nSPS) is 12.0. The third-order valence-corrected chi connectivity index (χ3v) is 3.95. The molecule has 6 nitrogen and oxygen atoms in total. The minimum atomic E-state index is -0.656. The molecule has 0 aliphatic carbocycles. The van der Waals surface area contributed by atoms with Crippen LogP contribution in [-0.4, -0.2) is 36.4 Å². The van der Waals surface area contributed by atoms with E-state index >= 15 is 0 Å². The number of halogens is 2. The first-order valence-corrected chi connectivity index (χ1v) is 7.81. The van der Waals surface area contributed by atoms with Crippen LogP contribution in [0.3, 0.4) is 0 Å². The van der Waals surface area contributed by atoms with E-state index in [4.69, 9.17) is 11.6 Å². The van der Waals surface area contributed by atoms with Gasteiger partial charge < -0.3 is 10.2 Å². The van der Waals surface area contributed by atoms with Crippen molar-refractivity contribution < 1.29 is 14.1 Å². The molecule has 25 heavy (non-hydrogen) atoms. The van der Waals surface area contributed by atoms with Crippen molar-refractivity contribution in [1.82, 2.24) is 10.2 Å². The number of hydrogen-bond acceptors (Lipinski definition) is 4. The molecule has 0 unspecified atom stereocenters. The summed E-state index contributed by atoms with van der Waals surface area (Å²) in [6.07, 6.45) is 0. The Morgan fingerprint density at radius 2 is 2.04 bits per heavy atom. The zero-order valence-corrected chi connectivity index (χ0v) is 14.5.